The number of nitrogens with zero attached hydrogens (tertiary/aromatic N) is 3. The molecule has 2 aromatic rings. The second kappa shape index (κ2) is 7.11. The van der Waals surface area contributed by atoms with Gasteiger partial charge < -0.3 is 10.6 Å². The van der Waals surface area contributed by atoms with Crippen molar-refractivity contribution < 1.29 is 9.72 Å². The molecule has 0 spiro atoms. The fraction of sp³-hybridized carbons (Fsp3) is 0.214. The molecule has 0 aliphatic carbocycles. The van der Waals surface area contributed by atoms with Crippen LogP contribution in [-0.4, -0.2) is 27.3 Å². The Morgan fingerprint density at radius 1 is 1.32 bits per heavy atom. The van der Waals surface area contributed by atoms with Crippen LogP contribution in [0.4, 0.5) is 17.3 Å². The smallest absolute Gasteiger partial charge is 0.311 e. The maximum absolute atomic E-state index is 11.8. The first-order valence-electron chi connectivity index (χ1n) is 6.63. The predicted molar refractivity (Wildman–Crippen MR) is 81.6 cm³/mol. The fourth-order valence-corrected chi connectivity index (χ4v) is 1.79. The van der Waals surface area contributed by atoms with E-state index < -0.39 is 4.92 Å². The Kier molecular flexibility index (Phi) is 4.97. The van der Waals surface area contributed by atoms with Crippen LogP contribution in [0.3, 0.4) is 0 Å². The van der Waals surface area contributed by atoms with E-state index in [2.05, 4.69) is 20.6 Å². The summed E-state index contributed by atoms with van der Waals surface area (Å²) >= 11 is 0. The zero-order chi connectivity index (χ0) is 15.9. The van der Waals surface area contributed by atoms with Crippen molar-refractivity contribution in [3.63, 3.8) is 0 Å². The van der Waals surface area contributed by atoms with Gasteiger partial charge in [0, 0.05) is 30.9 Å². The number of hydrogen-bond donors (Lipinski definition) is 2. The fourth-order valence-electron chi connectivity index (χ4n) is 1.79. The molecule has 8 heteroatoms. The summed E-state index contributed by atoms with van der Waals surface area (Å²) in [5.74, 6) is 0.395. The molecule has 0 unspecified atom stereocenters. The molecule has 0 saturated carbocycles. The quantitative estimate of drug-likeness (QED) is 0.624. The number of amides is 1. The lowest BCUT2D eigenvalue weighted by molar-refractivity contribution is -0.384. The first-order valence-corrected chi connectivity index (χ1v) is 6.63. The Morgan fingerprint density at radius 2 is 2.14 bits per heavy atom. The van der Waals surface area contributed by atoms with Crippen LogP contribution in [0.2, 0.25) is 0 Å². The van der Waals surface area contributed by atoms with Crippen molar-refractivity contribution in [3.8, 4) is 0 Å². The molecule has 1 amide bonds. The summed E-state index contributed by atoms with van der Waals surface area (Å²) in [5.41, 5.74) is 0.684. The zero-order valence-electron chi connectivity index (χ0n) is 11.9. The molecule has 0 aromatic carbocycles. The number of rotatable bonds is 6. The van der Waals surface area contributed by atoms with Crippen molar-refractivity contribution in [1.29, 1.82) is 0 Å². The van der Waals surface area contributed by atoms with E-state index >= 15 is 0 Å². The normalized spacial score (nSPS) is 10.0. The molecule has 0 aliphatic rings. The lowest BCUT2D eigenvalue weighted by Crippen LogP contribution is -2.17. The Labute approximate surface area is 126 Å². The summed E-state index contributed by atoms with van der Waals surface area (Å²) in [6.07, 6.45) is 1.59. The van der Waals surface area contributed by atoms with Crippen LogP contribution in [0.25, 0.3) is 0 Å². The van der Waals surface area contributed by atoms with Crippen molar-refractivity contribution in [2.75, 3.05) is 17.2 Å². The third kappa shape index (κ3) is 4.23. The van der Waals surface area contributed by atoms with E-state index in [4.69, 9.17) is 0 Å². The van der Waals surface area contributed by atoms with Gasteiger partial charge in [-0.25, -0.2) is 9.97 Å². The number of nitro groups is 1. The van der Waals surface area contributed by atoms with Crippen LogP contribution in [-0.2, 0) is 4.79 Å². The molecule has 0 bridgehead atoms. The van der Waals surface area contributed by atoms with E-state index in [0.717, 1.165) is 5.69 Å². The number of carbonyl (C=O) groups excluding carboxylic acids is 1. The third-order valence-electron chi connectivity index (χ3n) is 2.78. The summed E-state index contributed by atoms with van der Waals surface area (Å²) in [7, 11) is 0. The van der Waals surface area contributed by atoms with Crippen LogP contribution < -0.4 is 10.6 Å². The highest BCUT2D eigenvalue weighted by Gasteiger charge is 2.13. The van der Waals surface area contributed by atoms with Gasteiger partial charge in [0.05, 0.1) is 4.92 Å². The monoisotopic (exact) mass is 301 g/mol. The van der Waals surface area contributed by atoms with Crippen LogP contribution >= 0.6 is 0 Å². The topological polar surface area (TPSA) is 110 Å². The molecule has 8 nitrogen and oxygen atoms in total. The predicted octanol–water partition coefficient (Wildman–Crippen LogP) is 2.13. The number of hydrogen-bond acceptors (Lipinski definition) is 6. The standard InChI is InChI=1S/C14H15N5O3/c1-10-4-2-6-12(17-10)18-13(20)7-9-16-14-11(19(21)22)5-3-8-15-14/h2-6,8H,7,9H2,1H3,(H,15,16)(H,17,18,20). The van der Waals surface area contributed by atoms with Gasteiger partial charge in [-0.2, -0.15) is 0 Å². The minimum absolute atomic E-state index is 0.122. The van der Waals surface area contributed by atoms with E-state index in [0.29, 0.717) is 5.82 Å². The molecule has 2 rings (SSSR count). The lowest BCUT2D eigenvalue weighted by atomic mass is 10.3. The first kappa shape index (κ1) is 15.4. The molecular formula is C14H15N5O3. The van der Waals surface area contributed by atoms with Gasteiger partial charge in [-0.05, 0) is 25.1 Å². The minimum Gasteiger partial charge on any atom is -0.364 e. The Hall–Kier alpha value is -3.03. The van der Waals surface area contributed by atoms with Gasteiger partial charge in [0.2, 0.25) is 11.7 Å². The van der Waals surface area contributed by atoms with Crippen molar-refractivity contribution in [1.82, 2.24) is 9.97 Å². The van der Waals surface area contributed by atoms with Gasteiger partial charge in [0.25, 0.3) is 0 Å². The summed E-state index contributed by atoms with van der Waals surface area (Å²) in [4.78, 5) is 30.2. The Bertz CT molecular complexity index is 690. The average Bonchev–Trinajstić information content (AvgIpc) is 2.47. The summed E-state index contributed by atoms with van der Waals surface area (Å²) in [6, 6.07) is 8.16. The highest BCUT2D eigenvalue weighted by Crippen LogP contribution is 2.19. The van der Waals surface area contributed by atoms with Gasteiger partial charge in [-0.1, -0.05) is 6.07 Å². The van der Waals surface area contributed by atoms with Crippen LogP contribution in [0.5, 0.6) is 0 Å². The van der Waals surface area contributed by atoms with Crippen molar-refractivity contribution in [3.05, 3.63) is 52.3 Å². The number of carbonyl (C=O) groups is 1. The zero-order valence-corrected chi connectivity index (χ0v) is 11.9. The molecule has 0 radical (unpaired) electrons. The molecule has 2 aromatic heterocycles. The van der Waals surface area contributed by atoms with Crippen molar-refractivity contribution in [2.24, 2.45) is 0 Å². The second-order valence-electron chi connectivity index (χ2n) is 4.52. The molecule has 2 N–H and O–H groups in total. The van der Waals surface area contributed by atoms with E-state index in [1.807, 2.05) is 13.0 Å². The number of nitrogens with one attached hydrogen (secondary N) is 2. The summed E-state index contributed by atoms with van der Waals surface area (Å²) in [5, 5.41) is 16.3. The van der Waals surface area contributed by atoms with Gasteiger partial charge in [-0.3, -0.25) is 14.9 Å². The molecule has 0 saturated heterocycles. The molecule has 0 aliphatic heterocycles. The Morgan fingerprint density at radius 3 is 2.86 bits per heavy atom. The van der Waals surface area contributed by atoms with Crippen LogP contribution in [0, 0.1) is 17.0 Å². The molecular weight excluding hydrogens is 286 g/mol. The molecule has 22 heavy (non-hydrogen) atoms. The van der Waals surface area contributed by atoms with Gasteiger partial charge >= 0.3 is 5.69 Å². The maximum Gasteiger partial charge on any atom is 0.311 e. The number of anilines is 2. The number of aryl methyl sites for hydroxylation is 1. The molecule has 0 atom stereocenters. The van der Waals surface area contributed by atoms with Gasteiger partial charge in [0.15, 0.2) is 0 Å². The Balaban J connectivity index is 1.86. The lowest BCUT2D eigenvalue weighted by Gasteiger charge is -2.07. The largest absolute Gasteiger partial charge is 0.364 e. The third-order valence-corrected chi connectivity index (χ3v) is 2.78. The minimum atomic E-state index is -0.522. The SMILES string of the molecule is Cc1cccc(NC(=O)CCNc2ncccc2[N+](=O)[O-])n1. The van der Waals surface area contributed by atoms with E-state index in [1.54, 1.807) is 12.1 Å². The van der Waals surface area contributed by atoms with E-state index in [9.17, 15) is 14.9 Å². The van der Waals surface area contributed by atoms with Crippen molar-refractivity contribution >= 4 is 23.2 Å². The number of aromatic nitrogens is 2. The molecule has 2 heterocycles. The number of pyridine rings is 2. The van der Waals surface area contributed by atoms with Gasteiger partial charge in [-0.15, -0.1) is 0 Å². The van der Waals surface area contributed by atoms with Crippen molar-refractivity contribution in [2.45, 2.75) is 13.3 Å². The highest BCUT2D eigenvalue weighted by atomic mass is 16.6. The van der Waals surface area contributed by atoms with E-state index in [-0.39, 0.29) is 30.4 Å². The highest BCUT2D eigenvalue weighted by molar-refractivity contribution is 5.90. The summed E-state index contributed by atoms with van der Waals surface area (Å²) in [6.45, 7) is 2.06. The maximum atomic E-state index is 11.8. The second-order valence-corrected chi connectivity index (χ2v) is 4.52. The molecule has 0 fully saturated rings. The molecule has 114 valence electrons. The summed E-state index contributed by atoms with van der Waals surface area (Å²) < 4.78 is 0. The van der Waals surface area contributed by atoms with Crippen LogP contribution in [0.15, 0.2) is 36.5 Å². The average molecular weight is 301 g/mol. The first-order chi connectivity index (χ1) is 10.6. The van der Waals surface area contributed by atoms with Gasteiger partial charge in [0.1, 0.15) is 5.82 Å². The van der Waals surface area contributed by atoms with Crippen LogP contribution in [0.1, 0.15) is 12.1 Å². The van der Waals surface area contributed by atoms with E-state index in [1.165, 1.54) is 18.3 Å².